The molecule has 0 spiro atoms. The van der Waals surface area contributed by atoms with Crippen molar-refractivity contribution in [3.8, 4) is 0 Å². The van der Waals surface area contributed by atoms with Gasteiger partial charge >= 0.3 is 7.12 Å². The SMILES string of the molecule is CC1(C)OB(c2ccc(N3C4CC[C@@H]3CC(O)C4)nc2)OC1(C)C. The molecule has 24 heavy (non-hydrogen) atoms. The summed E-state index contributed by atoms with van der Waals surface area (Å²) < 4.78 is 12.2. The van der Waals surface area contributed by atoms with Crippen LogP contribution >= 0.6 is 0 Å². The van der Waals surface area contributed by atoms with E-state index in [4.69, 9.17) is 14.3 Å². The van der Waals surface area contributed by atoms with E-state index in [9.17, 15) is 5.11 Å². The average molecular weight is 330 g/mol. The zero-order valence-electron chi connectivity index (χ0n) is 15.0. The van der Waals surface area contributed by atoms with Crippen LogP contribution in [0.1, 0.15) is 53.4 Å². The maximum absolute atomic E-state index is 9.96. The molecule has 3 saturated heterocycles. The maximum atomic E-state index is 9.96. The number of fused-ring (bicyclic) bond motifs is 2. The van der Waals surface area contributed by atoms with Gasteiger partial charge in [0.25, 0.3) is 0 Å². The van der Waals surface area contributed by atoms with E-state index in [1.165, 1.54) is 0 Å². The van der Waals surface area contributed by atoms with E-state index in [1.54, 1.807) is 0 Å². The fourth-order valence-corrected chi connectivity index (χ4v) is 4.19. The highest BCUT2D eigenvalue weighted by Gasteiger charge is 2.52. The summed E-state index contributed by atoms with van der Waals surface area (Å²) in [6.45, 7) is 8.24. The van der Waals surface area contributed by atoms with Gasteiger partial charge in [-0.3, -0.25) is 0 Å². The topological polar surface area (TPSA) is 54.8 Å². The number of rotatable bonds is 2. The third-order valence-electron chi connectivity index (χ3n) is 6.27. The van der Waals surface area contributed by atoms with E-state index >= 15 is 0 Å². The molecule has 0 saturated carbocycles. The zero-order chi connectivity index (χ0) is 17.1. The first-order valence-electron chi connectivity index (χ1n) is 9.05. The van der Waals surface area contributed by atoms with Gasteiger partial charge in [-0.25, -0.2) is 4.98 Å². The maximum Gasteiger partial charge on any atom is 0.496 e. The molecule has 2 unspecified atom stereocenters. The Labute approximate surface area is 144 Å². The Morgan fingerprint density at radius 2 is 1.67 bits per heavy atom. The van der Waals surface area contributed by atoms with Crippen LogP contribution in [0.2, 0.25) is 0 Å². The van der Waals surface area contributed by atoms with E-state index in [0.717, 1.165) is 37.0 Å². The van der Waals surface area contributed by atoms with Crippen LogP contribution in [0.15, 0.2) is 18.3 Å². The number of hydrogen-bond donors (Lipinski definition) is 1. The van der Waals surface area contributed by atoms with Gasteiger partial charge < -0.3 is 19.3 Å². The van der Waals surface area contributed by atoms with Gasteiger partial charge in [0.1, 0.15) is 5.82 Å². The predicted octanol–water partition coefficient (Wildman–Crippen LogP) is 1.87. The highest BCUT2D eigenvalue weighted by atomic mass is 16.7. The van der Waals surface area contributed by atoms with Crippen LogP contribution in [0.4, 0.5) is 5.82 Å². The van der Waals surface area contributed by atoms with Gasteiger partial charge in [-0.05, 0) is 59.4 Å². The number of aliphatic hydroxyl groups excluding tert-OH is 1. The summed E-state index contributed by atoms with van der Waals surface area (Å²) in [7, 11) is -0.364. The summed E-state index contributed by atoms with van der Waals surface area (Å²) in [5.41, 5.74) is 0.290. The fraction of sp³-hybridized carbons (Fsp3) is 0.722. The molecule has 5 nitrogen and oxygen atoms in total. The molecule has 0 aromatic carbocycles. The molecule has 3 aliphatic rings. The molecule has 3 aliphatic heterocycles. The van der Waals surface area contributed by atoms with E-state index < -0.39 is 0 Å². The molecular formula is C18H27BN2O3. The van der Waals surface area contributed by atoms with Gasteiger partial charge in [-0.15, -0.1) is 0 Å². The van der Waals surface area contributed by atoms with Gasteiger partial charge in [0, 0.05) is 23.7 Å². The summed E-state index contributed by atoms with van der Waals surface area (Å²) in [5, 5.41) is 9.96. The minimum Gasteiger partial charge on any atom is -0.399 e. The van der Waals surface area contributed by atoms with Crippen molar-refractivity contribution in [3.05, 3.63) is 18.3 Å². The number of hydrogen-bond acceptors (Lipinski definition) is 5. The van der Waals surface area contributed by atoms with Crippen molar-refractivity contribution in [1.82, 2.24) is 4.98 Å². The normalized spacial score (nSPS) is 34.0. The van der Waals surface area contributed by atoms with Crippen molar-refractivity contribution in [3.63, 3.8) is 0 Å². The smallest absolute Gasteiger partial charge is 0.399 e. The molecule has 4 heterocycles. The standard InChI is InChI=1S/C18H27BN2O3/c1-17(2)18(3,4)24-19(23-17)12-5-8-16(20-11-12)21-13-6-7-14(21)10-15(22)9-13/h5,8,11,13-15,22H,6-7,9-10H2,1-4H3/t13-,14?,15?/m1/s1. The first-order chi connectivity index (χ1) is 11.3. The van der Waals surface area contributed by atoms with E-state index in [-0.39, 0.29) is 24.4 Å². The van der Waals surface area contributed by atoms with Crippen LogP contribution in [0.3, 0.4) is 0 Å². The number of nitrogens with zero attached hydrogens (tertiary/aromatic N) is 2. The lowest BCUT2D eigenvalue weighted by molar-refractivity contribution is 0.00578. The van der Waals surface area contributed by atoms with E-state index in [2.05, 4.69) is 44.7 Å². The molecular weight excluding hydrogens is 303 g/mol. The second-order valence-corrected chi connectivity index (χ2v) is 8.46. The zero-order valence-corrected chi connectivity index (χ0v) is 15.0. The predicted molar refractivity (Wildman–Crippen MR) is 94.5 cm³/mol. The molecule has 0 aliphatic carbocycles. The van der Waals surface area contributed by atoms with Crippen LogP contribution in [-0.4, -0.2) is 46.6 Å². The summed E-state index contributed by atoms with van der Waals surface area (Å²) in [4.78, 5) is 7.10. The van der Waals surface area contributed by atoms with Gasteiger partial charge in [0.15, 0.2) is 0 Å². The summed E-state index contributed by atoms with van der Waals surface area (Å²) in [5.74, 6) is 1.01. The molecule has 4 rings (SSSR count). The fourth-order valence-electron chi connectivity index (χ4n) is 4.19. The Bertz CT molecular complexity index is 589. The Morgan fingerprint density at radius 1 is 1.08 bits per heavy atom. The summed E-state index contributed by atoms with van der Waals surface area (Å²) in [6, 6.07) is 4.99. The molecule has 2 bridgehead atoms. The quantitative estimate of drug-likeness (QED) is 0.839. The third-order valence-corrected chi connectivity index (χ3v) is 6.27. The van der Waals surface area contributed by atoms with Crippen LogP contribution in [0.25, 0.3) is 0 Å². The average Bonchev–Trinajstić information content (AvgIpc) is 2.89. The van der Waals surface area contributed by atoms with Crippen molar-refractivity contribution in [2.45, 2.75) is 82.8 Å². The van der Waals surface area contributed by atoms with Crippen LogP contribution in [-0.2, 0) is 9.31 Å². The second kappa shape index (κ2) is 5.45. The molecule has 130 valence electrons. The number of piperidine rings is 1. The highest BCUT2D eigenvalue weighted by Crippen LogP contribution is 2.39. The Hall–Kier alpha value is -1.11. The van der Waals surface area contributed by atoms with Gasteiger partial charge in [0.05, 0.1) is 17.3 Å². The Kier molecular flexibility index (Phi) is 3.71. The van der Waals surface area contributed by atoms with Crippen molar-refractivity contribution in [2.75, 3.05) is 4.90 Å². The van der Waals surface area contributed by atoms with E-state index in [1.807, 2.05) is 6.20 Å². The molecule has 1 N–H and O–H groups in total. The van der Waals surface area contributed by atoms with Gasteiger partial charge in [-0.2, -0.15) is 0 Å². The lowest BCUT2D eigenvalue weighted by atomic mass is 9.80. The van der Waals surface area contributed by atoms with Crippen LogP contribution in [0, 0.1) is 0 Å². The van der Waals surface area contributed by atoms with E-state index in [0.29, 0.717) is 12.1 Å². The first-order valence-corrected chi connectivity index (χ1v) is 9.05. The van der Waals surface area contributed by atoms with Crippen molar-refractivity contribution < 1.29 is 14.4 Å². The molecule has 3 fully saturated rings. The second-order valence-electron chi connectivity index (χ2n) is 8.46. The Balaban J connectivity index is 1.52. The monoisotopic (exact) mass is 330 g/mol. The van der Waals surface area contributed by atoms with Crippen LogP contribution in [0.5, 0.6) is 0 Å². The molecule has 6 heteroatoms. The Morgan fingerprint density at radius 3 is 2.17 bits per heavy atom. The van der Waals surface area contributed by atoms with Gasteiger partial charge in [-0.1, -0.05) is 6.07 Å². The largest absolute Gasteiger partial charge is 0.496 e. The number of aliphatic hydroxyl groups is 1. The molecule has 0 amide bonds. The lowest BCUT2D eigenvalue weighted by Gasteiger charge is -2.38. The number of pyridine rings is 1. The third kappa shape index (κ3) is 2.55. The van der Waals surface area contributed by atoms with Gasteiger partial charge in [0.2, 0.25) is 0 Å². The van der Waals surface area contributed by atoms with Crippen molar-refractivity contribution >= 4 is 18.4 Å². The molecule has 1 aromatic heterocycles. The molecule has 3 atom stereocenters. The minimum atomic E-state index is -0.364. The van der Waals surface area contributed by atoms with Crippen molar-refractivity contribution in [2.24, 2.45) is 0 Å². The molecule has 0 radical (unpaired) electrons. The van der Waals surface area contributed by atoms with Crippen LogP contribution < -0.4 is 10.4 Å². The first kappa shape index (κ1) is 16.4. The number of anilines is 1. The van der Waals surface area contributed by atoms with Crippen molar-refractivity contribution in [1.29, 1.82) is 0 Å². The number of aromatic nitrogens is 1. The summed E-state index contributed by atoms with van der Waals surface area (Å²) >= 11 is 0. The highest BCUT2D eigenvalue weighted by molar-refractivity contribution is 6.62. The summed E-state index contributed by atoms with van der Waals surface area (Å²) in [6.07, 6.45) is 5.75. The molecule has 1 aromatic rings. The lowest BCUT2D eigenvalue weighted by Crippen LogP contribution is -2.45. The minimum absolute atomic E-state index is 0.150.